The van der Waals surface area contributed by atoms with E-state index in [1.807, 2.05) is 17.3 Å². The third-order valence-electron chi connectivity index (χ3n) is 7.54. The molecule has 2 amide bonds. The molecule has 5 rings (SSSR count). The number of benzene rings is 2. The Bertz CT molecular complexity index is 1250. The van der Waals surface area contributed by atoms with Crippen LogP contribution in [0, 0.1) is 5.41 Å². The summed E-state index contributed by atoms with van der Waals surface area (Å²) >= 11 is 12.5. The number of nitrogens with one attached hydrogen (secondary N) is 1. The maximum atomic E-state index is 13.3. The minimum Gasteiger partial charge on any atom is -0.371 e. The molecule has 0 radical (unpaired) electrons. The minimum atomic E-state index is -0.370. The number of aromatic nitrogens is 1. The van der Waals surface area contributed by atoms with Gasteiger partial charge in [0.1, 0.15) is 0 Å². The molecule has 8 heteroatoms. The maximum absolute atomic E-state index is 13.3. The largest absolute Gasteiger partial charge is 0.371 e. The van der Waals surface area contributed by atoms with Crippen molar-refractivity contribution in [2.24, 2.45) is 5.41 Å². The topological polar surface area (TPSA) is 65.5 Å². The highest BCUT2D eigenvalue weighted by molar-refractivity contribution is 6.36. The Hall–Kier alpha value is -3.09. The summed E-state index contributed by atoms with van der Waals surface area (Å²) in [7, 11) is 0. The van der Waals surface area contributed by atoms with Gasteiger partial charge in [-0.05, 0) is 73.6 Å². The van der Waals surface area contributed by atoms with Crippen molar-refractivity contribution in [2.45, 2.75) is 25.7 Å². The predicted molar refractivity (Wildman–Crippen MR) is 144 cm³/mol. The van der Waals surface area contributed by atoms with Gasteiger partial charge in [0.15, 0.2) is 0 Å². The summed E-state index contributed by atoms with van der Waals surface area (Å²) in [5, 5.41) is 3.52. The summed E-state index contributed by atoms with van der Waals surface area (Å²) in [6.45, 7) is 3.53. The molecular formula is C28H28Cl2N4O2. The van der Waals surface area contributed by atoms with Crippen LogP contribution in [0.1, 0.15) is 46.4 Å². The molecule has 1 spiro atoms. The average molecular weight is 523 g/mol. The van der Waals surface area contributed by atoms with Crippen LogP contribution in [0.25, 0.3) is 0 Å². The van der Waals surface area contributed by atoms with Crippen molar-refractivity contribution in [1.29, 1.82) is 0 Å². The highest BCUT2D eigenvalue weighted by Gasteiger charge is 2.38. The van der Waals surface area contributed by atoms with E-state index >= 15 is 0 Å². The van der Waals surface area contributed by atoms with E-state index < -0.39 is 0 Å². The summed E-state index contributed by atoms with van der Waals surface area (Å²) < 4.78 is 0. The Morgan fingerprint density at radius 3 is 2.19 bits per heavy atom. The third-order valence-corrected chi connectivity index (χ3v) is 8.20. The van der Waals surface area contributed by atoms with Gasteiger partial charge in [-0.1, -0.05) is 35.3 Å². The zero-order valence-corrected chi connectivity index (χ0v) is 21.4. The highest BCUT2D eigenvalue weighted by Crippen LogP contribution is 2.42. The van der Waals surface area contributed by atoms with Crippen LogP contribution in [0.2, 0.25) is 10.0 Å². The third kappa shape index (κ3) is 5.20. The summed E-state index contributed by atoms with van der Waals surface area (Å²) in [6.07, 6.45) is 7.97. The van der Waals surface area contributed by atoms with Crippen LogP contribution in [-0.2, 0) is 0 Å². The summed E-state index contributed by atoms with van der Waals surface area (Å²) in [5.41, 5.74) is 2.78. The van der Waals surface area contributed by atoms with Crippen molar-refractivity contribution in [3.8, 4) is 0 Å². The van der Waals surface area contributed by atoms with Crippen molar-refractivity contribution in [3.05, 3.63) is 88.2 Å². The van der Waals surface area contributed by atoms with Crippen LogP contribution in [0.3, 0.4) is 0 Å². The molecule has 6 nitrogen and oxygen atoms in total. The van der Waals surface area contributed by atoms with Gasteiger partial charge in [-0.15, -0.1) is 0 Å². The van der Waals surface area contributed by atoms with Gasteiger partial charge >= 0.3 is 0 Å². The normalized spacial score (nSPS) is 17.2. The molecule has 0 atom stereocenters. The van der Waals surface area contributed by atoms with Crippen LogP contribution in [0.15, 0.2) is 67.0 Å². The Kier molecular flexibility index (Phi) is 7.17. The molecule has 186 valence electrons. The molecular weight excluding hydrogens is 495 g/mol. The molecule has 0 aliphatic carbocycles. The molecule has 2 saturated heterocycles. The number of piperidine rings is 2. The number of carbonyl (C=O) groups is 2. The van der Waals surface area contributed by atoms with E-state index in [2.05, 4.69) is 27.3 Å². The molecule has 2 aliphatic rings. The number of pyridine rings is 1. The first-order valence-electron chi connectivity index (χ1n) is 12.2. The first kappa shape index (κ1) is 24.6. The van der Waals surface area contributed by atoms with E-state index in [0.717, 1.165) is 51.9 Å². The lowest BCUT2D eigenvalue weighted by Crippen LogP contribution is -2.48. The number of likely N-dealkylation sites (tertiary alicyclic amines) is 1. The van der Waals surface area contributed by atoms with Crippen LogP contribution >= 0.6 is 23.2 Å². The maximum Gasteiger partial charge on any atom is 0.257 e. The zero-order chi connectivity index (χ0) is 25.1. The molecule has 0 saturated carbocycles. The molecule has 0 bridgehead atoms. The zero-order valence-electron chi connectivity index (χ0n) is 19.9. The summed E-state index contributed by atoms with van der Waals surface area (Å²) in [4.78, 5) is 34.5. The van der Waals surface area contributed by atoms with Crippen LogP contribution < -0.4 is 10.2 Å². The van der Waals surface area contributed by atoms with E-state index in [4.69, 9.17) is 23.2 Å². The van der Waals surface area contributed by atoms with Gasteiger partial charge in [0, 0.05) is 49.8 Å². The molecule has 3 aromatic rings. The molecule has 0 unspecified atom stereocenters. The average Bonchev–Trinajstić information content (AvgIpc) is 2.91. The molecule has 2 aromatic carbocycles. The first-order chi connectivity index (χ1) is 17.4. The smallest absolute Gasteiger partial charge is 0.257 e. The van der Waals surface area contributed by atoms with E-state index in [0.29, 0.717) is 32.3 Å². The lowest BCUT2D eigenvalue weighted by atomic mass is 9.71. The Morgan fingerprint density at radius 1 is 0.833 bits per heavy atom. The van der Waals surface area contributed by atoms with Crippen molar-refractivity contribution >= 4 is 46.4 Å². The van der Waals surface area contributed by atoms with Crippen molar-refractivity contribution in [3.63, 3.8) is 0 Å². The van der Waals surface area contributed by atoms with Gasteiger partial charge in [-0.2, -0.15) is 0 Å². The SMILES string of the molecule is O=C(Nc1cc(C(=O)N2CCC3(CC2)CCN(c2ccncc2)CC3)ccc1Cl)c1ccccc1Cl. The van der Waals surface area contributed by atoms with Gasteiger partial charge in [0.25, 0.3) is 11.8 Å². The Balaban J connectivity index is 1.21. The van der Waals surface area contributed by atoms with E-state index in [9.17, 15) is 9.59 Å². The van der Waals surface area contributed by atoms with Gasteiger partial charge in [-0.25, -0.2) is 0 Å². The molecule has 1 aromatic heterocycles. The number of amides is 2. The Labute approximate surface area is 221 Å². The second-order valence-corrected chi connectivity index (χ2v) is 10.4. The fourth-order valence-electron chi connectivity index (χ4n) is 5.25. The van der Waals surface area contributed by atoms with E-state index in [1.165, 1.54) is 5.69 Å². The number of nitrogens with zero attached hydrogens (tertiary/aromatic N) is 3. The van der Waals surface area contributed by atoms with Gasteiger partial charge in [-0.3, -0.25) is 14.6 Å². The van der Waals surface area contributed by atoms with Crippen LogP contribution in [0.5, 0.6) is 0 Å². The van der Waals surface area contributed by atoms with E-state index in [-0.39, 0.29) is 11.8 Å². The molecule has 36 heavy (non-hydrogen) atoms. The number of anilines is 2. The molecule has 2 aliphatic heterocycles. The standard InChI is InChI=1S/C28H28Cl2N4O2/c29-23-4-2-1-3-22(23)26(35)32-25-19-20(5-6-24(25)30)27(36)34-17-11-28(12-18-34)9-15-33(16-10-28)21-7-13-31-14-8-21/h1-8,13-14,19H,9-12,15-18H2,(H,32,35). The number of halogens is 2. The van der Waals surface area contributed by atoms with Crippen molar-refractivity contribution in [2.75, 3.05) is 36.4 Å². The highest BCUT2D eigenvalue weighted by atomic mass is 35.5. The van der Waals surface area contributed by atoms with Gasteiger partial charge in [0.2, 0.25) is 0 Å². The van der Waals surface area contributed by atoms with Crippen molar-refractivity contribution in [1.82, 2.24) is 9.88 Å². The monoisotopic (exact) mass is 522 g/mol. The number of hydrogen-bond donors (Lipinski definition) is 1. The number of hydrogen-bond acceptors (Lipinski definition) is 4. The number of carbonyl (C=O) groups excluding carboxylic acids is 2. The van der Waals surface area contributed by atoms with Crippen LogP contribution in [0.4, 0.5) is 11.4 Å². The summed E-state index contributed by atoms with van der Waals surface area (Å²) in [5.74, 6) is -0.408. The second kappa shape index (κ2) is 10.5. The molecule has 1 N–H and O–H groups in total. The quantitative estimate of drug-likeness (QED) is 0.445. The lowest BCUT2D eigenvalue weighted by molar-refractivity contribution is 0.0515. The van der Waals surface area contributed by atoms with Crippen molar-refractivity contribution < 1.29 is 9.59 Å². The second-order valence-electron chi connectivity index (χ2n) is 9.61. The fraction of sp³-hybridized carbons (Fsp3) is 0.321. The van der Waals surface area contributed by atoms with Gasteiger partial charge in [0.05, 0.1) is 21.3 Å². The molecule has 3 heterocycles. The predicted octanol–water partition coefficient (Wildman–Crippen LogP) is 6.16. The minimum absolute atomic E-state index is 0.0380. The van der Waals surface area contributed by atoms with Crippen LogP contribution in [-0.4, -0.2) is 47.9 Å². The summed E-state index contributed by atoms with van der Waals surface area (Å²) in [6, 6.07) is 16.0. The Morgan fingerprint density at radius 2 is 1.50 bits per heavy atom. The lowest BCUT2D eigenvalue weighted by Gasteiger charge is -2.47. The van der Waals surface area contributed by atoms with Gasteiger partial charge < -0.3 is 15.1 Å². The number of rotatable bonds is 4. The fourth-order valence-corrected chi connectivity index (χ4v) is 5.64. The molecule has 2 fully saturated rings. The van der Waals surface area contributed by atoms with E-state index in [1.54, 1.807) is 42.5 Å². The first-order valence-corrected chi connectivity index (χ1v) is 13.0.